The first-order chi connectivity index (χ1) is 29.2. The molecule has 4 heterocycles. The number of urea groups is 1. The zero-order valence-electron chi connectivity index (χ0n) is 34.7. The van der Waals surface area contributed by atoms with Gasteiger partial charge in [0.25, 0.3) is 5.91 Å². The molecule has 3 aliphatic rings. The largest absolute Gasteiger partial charge is 0.489 e. The van der Waals surface area contributed by atoms with Crippen LogP contribution < -0.4 is 35.8 Å². The molecule has 3 aliphatic heterocycles. The SMILES string of the molecule is CNC(=O)c1ccccc1Nc1cc(Nc2cc(C)c(N3CCN(C4CCN(Cc5ccc(N6CCC(=O)NC6=O)c(F)c5)CC4)CC3)cc2OC(C)C)ncc1C(F)(F)F. The van der Waals surface area contributed by atoms with Crippen molar-refractivity contribution in [2.24, 2.45) is 0 Å². The molecule has 0 saturated carbocycles. The number of hydrogen-bond donors (Lipinski definition) is 4. The molecule has 3 saturated heterocycles. The molecule has 3 aromatic carbocycles. The third-order valence-corrected chi connectivity index (χ3v) is 11.3. The van der Waals surface area contributed by atoms with E-state index in [0.29, 0.717) is 24.0 Å². The maximum Gasteiger partial charge on any atom is 0.419 e. The molecule has 13 nitrogen and oxygen atoms in total. The summed E-state index contributed by atoms with van der Waals surface area (Å²) in [6.07, 6.45) is -2.02. The van der Waals surface area contributed by atoms with Crippen LogP contribution in [-0.4, -0.2) is 97.6 Å². The molecule has 0 spiro atoms. The van der Waals surface area contributed by atoms with Gasteiger partial charge < -0.3 is 25.6 Å². The number of ether oxygens (including phenoxy) is 1. The number of nitrogens with one attached hydrogen (secondary N) is 4. The van der Waals surface area contributed by atoms with Crippen LogP contribution in [0.3, 0.4) is 0 Å². The summed E-state index contributed by atoms with van der Waals surface area (Å²) in [5, 5.41) is 10.8. The Balaban J connectivity index is 0.982. The van der Waals surface area contributed by atoms with E-state index in [1.165, 1.54) is 36.2 Å². The zero-order valence-corrected chi connectivity index (χ0v) is 34.7. The molecule has 4 amide bonds. The molecule has 4 aromatic rings. The summed E-state index contributed by atoms with van der Waals surface area (Å²) in [7, 11) is 1.45. The number of likely N-dealkylation sites (tertiary alicyclic amines) is 1. The molecule has 61 heavy (non-hydrogen) atoms. The second kappa shape index (κ2) is 18.4. The number of alkyl halides is 3. The van der Waals surface area contributed by atoms with E-state index >= 15 is 4.39 Å². The highest BCUT2D eigenvalue weighted by Gasteiger charge is 2.35. The lowest BCUT2D eigenvalue weighted by Crippen LogP contribution is -2.53. The first-order valence-corrected chi connectivity index (χ1v) is 20.5. The Kier molecular flexibility index (Phi) is 13.0. The minimum absolute atomic E-state index is 0.131. The fourth-order valence-corrected chi connectivity index (χ4v) is 8.22. The molecule has 17 heteroatoms. The number of piperazine rings is 1. The van der Waals surface area contributed by atoms with Crippen LogP contribution in [0.15, 0.2) is 66.9 Å². The number of aromatic nitrogens is 1. The lowest BCUT2D eigenvalue weighted by Gasteiger charge is -2.43. The van der Waals surface area contributed by atoms with Gasteiger partial charge in [-0.25, -0.2) is 14.2 Å². The average molecular weight is 846 g/mol. The maximum atomic E-state index is 15.1. The van der Waals surface area contributed by atoms with Crippen molar-refractivity contribution in [1.82, 2.24) is 25.4 Å². The number of carbonyl (C=O) groups is 3. The van der Waals surface area contributed by atoms with Gasteiger partial charge in [0.1, 0.15) is 17.4 Å². The van der Waals surface area contributed by atoms with Crippen LogP contribution in [0.4, 0.5) is 56.6 Å². The van der Waals surface area contributed by atoms with E-state index in [1.807, 2.05) is 39.0 Å². The number of halogens is 4. The number of piperidine rings is 1. The number of anilines is 6. The number of carbonyl (C=O) groups excluding carboxylic acids is 3. The number of aryl methyl sites for hydroxylation is 1. The standard InChI is InChI=1S/C44H51F4N9O4/c1-27(2)61-39-24-38(28(3)21-36(39)52-40-23-35(32(25-50-40)44(46,47)48)51-34-8-6-5-7-31(34)42(59)49-4)56-19-17-55(18-20-56)30-11-14-54(15-12-30)26-29-9-10-37(33(45)22-29)57-16-13-41(58)53-43(57)60/h5-10,21-25,27,30H,11-20,26H2,1-4H3,(H,49,59)(H2,50,51,52)(H,53,58,60). The van der Waals surface area contributed by atoms with E-state index in [9.17, 15) is 27.6 Å². The van der Waals surface area contributed by atoms with Gasteiger partial charge in [0, 0.05) is 82.8 Å². The van der Waals surface area contributed by atoms with Crippen LogP contribution in [0.25, 0.3) is 0 Å². The lowest BCUT2D eigenvalue weighted by atomic mass is 10.0. The first-order valence-electron chi connectivity index (χ1n) is 20.5. The minimum Gasteiger partial charge on any atom is -0.489 e. The Morgan fingerprint density at radius 1 is 0.902 bits per heavy atom. The number of rotatable bonds is 12. The molecule has 0 atom stereocenters. The summed E-state index contributed by atoms with van der Waals surface area (Å²) in [4.78, 5) is 48.8. The second-order valence-corrected chi connectivity index (χ2v) is 15.9. The maximum absolute atomic E-state index is 15.1. The van der Waals surface area contributed by atoms with E-state index < -0.39 is 29.5 Å². The molecule has 4 N–H and O–H groups in total. The number of benzene rings is 3. The van der Waals surface area contributed by atoms with Crippen LogP contribution in [0.5, 0.6) is 5.75 Å². The van der Waals surface area contributed by atoms with Gasteiger partial charge >= 0.3 is 12.2 Å². The lowest BCUT2D eigenvalue weighted by molar-refractivity contribution is -0.137. The van der Waals surface area contributed by atoms with Gasteiger partial charge in [0.15, 0.2) is 0 Å². The normalized spacial score (nSPS) is 17.1. The number of imide groups is 1. The Hall–Kier alpha value is -5.94. The third-order valence-electron chi connectivity index (χ3n) is 11.3. The van der Waals surface area contributed by atoms with Gasteiger partial charge in [0.05, 0.1) is 40.0 Å². The molecular formula is C44H51F4N9O4. The molecule has 7 rings (SSSR count). The Labute approximate surface area is 352 Å². The highest BCUT2D eigenvalue weighted by molar-refractivity contribution is 6.05. The van der Waals surface area contributed by atoms with Crippen molar-refractivity contribution in [3.05, 3.63) is 94.9 Å². The third kappa shape index (κ3) is 10.2. The molecule has 1 aromatic heterocycles. The van der Waals surface area contributed by atoms with Gasteiger partial charge in [-0.05, 0) is 88.2 Å². The smallest absolute Gasteiger partial charge is 0.419 e. The van der Waals surface area contributed by atoms with Crippen molar-refractivity contribution < 1.29 is 36.7 Å². The second-order valence-electron chi connectivity index (χ2n) is 15.9. The summed E-state index contributed by atoms with van der Waals surface area (Å²) in [6.45, 7) is 11.7. The molecular weight excluding hydrogens is 795 g/mol. The number of para-hydroxylation sites is 1. The van der Waals surface area contributed by atoms with E-state index in [2.05, 4.69) is 41.0 Å². The van der Waals surface area contributed by atoms with Gasteiger partial charge in [-0.3, -0.25) is 29.6 Å². The number of hydrogen-bond acceptors (Lipinski definition) is 10. The quantitative estimate of drug-likeness (QED) is 0.107. The van der Waals surface area contributed by atoms with Crippen LogP contribution in [0.1, 0.15) is 60.2 Å². The van der Waals surface area contributed by atoms with Crippen LogP contribution in [0, 0.1) is 12.7 Å². The van der Waals surface area contributed by atoms with Crippen molar-refractivity contribution in [2.75, 3.05) is 73.3 Å². The predicted octanol–water partition coefficient (Wildman–Crippen LogP) is 7.41. The zero-order chi connectivity index (χ0) is 43.4. The fraction of sp³-hybridized carbons (Fsp3) is 0.409. The highest BCUT2D eigenvalue weighted by Crippen LogP contribution is 2.40. The van der Waals surface area contributed by atoms with E-state index in [1.54, 1.807) is 18.2 Å². The number of nitrogens with zero attached hydrogens (tertiary/aromatic N) is 5. The van der Waals surface area contributed by atoms with Crippen molar-refractivity contribution >= 4 is 52.1 Å². The van der Waals surface area contributed by atoms with Gasteiger partial charge in [-0.2, -0.15) is 13.2 Å². The molecule has 3 fully saturated rings. The Bertz CT molecular complexity index is 2260. The first kappa shape index (κ1) is 43.2. The molecule has 0 aliphatic carbocycles. The highest BCUT2D eigenvalue weighted by atomic mass is 19.4. The topological polar surface area (TPSA) is 134 Å². The van der Waals surface area contributed by atoms with E-state index in [-0.39, 0.29) is 53.4 Å². The summed E-state index contributed by atoms with van der Waals surface area (Å²) >= 11 is 0. The van der Waals surface area contributed by atoms with Crippen molar-refractivity contribution in [3.63, 3.8) is 0 Å². The average Bonchev–Trinajstić information content (AvgIpc) is 3.22. The van der Waals surface area contributed by atoms with Crippen LogP contribution >= 0.6 is 0 Å². The molecule has 0 bridgehead atoms. The predicted molar refractivity (Wildman–Crippen MR) is 227 cm³/mol. The minimum atomic E-state index is -4.71. The summed E-state index contributed by atoms with van der Waals surface area (Å²) in [5.41, 5.74) is 2.68. The van der Waals surface area contributed by atoms with E-state index in [4.69, 9.17) is 4.74 Å². The van der Waals surface area contributed by atoms with Crippen LogP contribution in [-0.2, 0) is 17.5 Å². The monoisotopic (exact) mass is 845 g/mol. The van der Waals surface area contributed by atoms with Crippen LogP contribution in [0.2, 0.25) is 0 Å². The Morgan fingerprint density at radius 3 is 2.31 bits per heavy atom. The number of amides is 4. The van der Waals surface area contributed by atoms with Gasteiger partial charge in [-0.15, -0.1) is 0 Å². The molecule has 0 radical (unpaired) electrons. The van der Waals surface area contributed by atoms with Gasteiger partial charge in [0.2, 0.25) is 5.91 Å². The summed E-state index contributed by atoms with van der Waals surface area (Å²) < 4.78 is 63.9. The summed E-state index contributed by atoms with van der Waals surface area (Å²) in [5.74, 6) is -0.600. The fourth-order valence-electron chi connectivity index (χ4n) is 8.22. The number of pyridine rings is 1. The van der Waals surface area contributed by atoms with E-state index in [0.717, 1.165) is 75.1 Å². The molecule has 324 valence electrons. The molecule has 0 unspecified atom stereocenters. The Morgan fingerprint density at radius 2 is 1.64 bits per heavy atom. The van der Waals surface area contributed by atoms with Gasteiger partial charge in [-0.1, -0.05) is 18.2 Å². The van der Waals surface area contributed by atoms with Crippen molar-refractivity contribution in [3.8, 4) is 5.75 Å². The summed E-state index contributed by atoms with van der Waals surface area (Å²) in [6, 6.07) is 16.3. The van der Waals surface area contributed by atoms with Crippen molar-refractivity contribution in [2.45, 2.75) is 64.9 Å². The van der Waals surface area contributed by atoms with Crippen molar-refractivity contribution in [1.29, 1.82) is 0 Å².